The van der Waals surface area contributed by atoms with Crippen LogP contribution in [-0.2, 0) is 14.8 Å². The molecule has 26 heavy (non-hydrogen) atoms. The summed E-state index contributed by atoms with van der Waals surface area (Å²) in [7, 11) is -3.47. The normalized spacial score (nSPS) is 24.0. The van der Waals surface area contributed by atoms with E-state index in [2.05, 4.69) is 10.6 Å². The number of carbonyl (C=O) groups excluding carboxylic acids is 1. The standard InChI is InChI=1S/C18H27N3O3S.ClH/c1-14-6-2-3-9-17(14)25(23,24)21-11-5-7-15(13-21)12-20-18(22)16-8-4-10-19-16;/h2-3,6,9,15-16,19H,4-5,7-8,10-13H2,1H3,(H,20,22);1H. The summed E-state index contributed by atoms with van der Waals surface area (Å²) in [6.07, 6.45) is 3.68. The van der Waals surface area contributed by atoms with Crippen LogP contribution in [0.1, 0.15) is 31.2 Å². The molecular formula is C18H28ClN3O3S. The van der Waals surface area contributed by atoms with E-state index in [4.69, 9.17) is 0 Å². The van der Waals surface area contributed by atoms with Crippen LogP contribution in [0, 0.1) is 12.8 Å². The quantitative estimate of drug-likeness (QED) is 0.786. The van der Waals surface area contributed by atoms with Crippen molar-refractivity contribution in [2.45, 2.75) is 43.5 Å². The molecule has 2 N–H and O–H groups in total. The molecule has 8 heteroatoms. The van der Waals surface area contributed by atoms with Gasteiger partial charge in [0.2, 0.25) is 15.9 Å². The number of piperidine rings is 1. The molecular weight excluding hydrogens is 374 g/mol. The van der Waals surface area contributed by atoms with Crippen LogP contribution in [0.2, 0.25) is 0 Å². The van der Waals surface area contributed by atoms with Gasteiger partial charge in [0.25, 0.3) is 0 Å². The molecule has 2 atom stereocenters. The Labute approximate surface area is 162 Å². The lowest BCUT2D eigenvalue weighted by Crippen LogP contribution is -2.46. The maximum absolute atomic E-state index is 12.9. The van der Waals surface area contributed by atoms with Gasteiger partial charge >= 0.3 is 0 Å². The monoisotopic (exact) mass is 401 g/mol. The van der Waals surface area contributed by atoms with Crippen molar-refractivity contribution in [1.82, 2.24) is 14.9 Å². The first-order valence-electron chi connectivity index (χ1n) is 9.05. The van der Waals surface area contributed by atoms with Crippen molar-refractivity contribution in [3.8, 4) is 0 Å². The largest absolute Gasteiger partial charge is 0.354 e. The van der Waals surface area contributed by atoms with Gasteiger partial charge in [-0.2, -0.15) is 4.31 Å². The number of carbonyl (C=O) groups is 1. The number of halogens is 1. The molecule has 0 aliphatic carbocycles. The Bertz CT molecular complexity index is 720. The highest BCUT2D eigenvalue weighted by Crippen LogP contribution is 2.25. The van der Waals surface area contributed by atoms with E-state index in [1.807, 2.05) is 19.1 Å². The summed E-state index contributed by atoms with van der Waals surface area (Å²) in [6, 6.07) is 7.01. The molecule has 1 aromatic rings. The van der Waals surface area contributed by atoms with Crippen LogP contribution in [0.5, 0.6) is 0 Å². The van der Waals surface area contributed by atoms with Crippen molar-refractivity contribution in [3.63, 3.8) is 0 Å². The Morgan fingerprint density at radius 1 is 1.27 bits per heavy atom. The first-order valence-corrected chi connectivity index (χ1v) is 10.5. The van der Waals surface area contributed by atoms with E-state index in [0.29, 0.717) is 24.5 Å². The zero-order valence-electron chi connectivity index (χ0n) is 15.1. The van der Waals surface area contributed by atoms with E-state index in [9.17, 15) is 13.2 Å². The number of aryl methyl sites for hydroxylation is 1. The van der Waals surface area contributed by atoms with Crippen LogP contribution in [-0.4, -0.2) is 50.9 Å². The summed E-state index contributed by atoms with van der Waals surface area (Å²) >= 11 is 0. The summed E-state index contributed by atoms with van der Waals surface area (Å²) in [5, 5.41) is 6.18. The summed E-state index contributed by atoms with van der Waals surface area (Å²) in [4.78, 5) is 12.5. The van der Waals surface area contributed by atoms with Crippen molar-refractivity contribution >= 4 is 28.3 Å². The molecule has 2 saturated heterocycles. The first-order chi connectivity index (χ1) is 12.0. The van der Waals surface area contributed by atoms with Gasteiger partial charge in [-0.1, -0.05) is 18.2 Å². The van der Waals surface area contributed by atoms with Gasteiger partial charge in [0.15, 0.2) is 0 Å². The Morgan fingerprint density at radius 2 is 2.04 bits per heavy atom. The third-order valence-electron chi connectivity index (χ3n) is 5.13. The minimum atomic E-state index is -3.47. The average Bonchev–Trinajstić information content (AvgIpc) is 3.15. The maximum Gasteiger partial charge on any atom is 0.243 e. The van der Waals surface area contributed by atoms with Crippen molar-refractivity contribution in [2.24, 2.45) is 5.92 Å². The van der Waals surface area contributed by atoms with E-state index >= 15 is 0 Å². The number of nitrogens with zero attached hydrogens (tertiary/aromatic N) is 1. The van der Waals surface area contributed by atoms with Crippen LogP contribution < -0.4 is 10.6 Å². The minimum absolute atomic E-state index is 0. The molecule has 0 bridgehead atoms. The topological polar surface area (TPSA) is 78.5 Å². The lowest BCUT2D eigenvalue weighted by molar-refractivity contribution is -0.123. The Morgan fingerprint density at radius 3 is 2.73 bits per heavy atom. The molecule has 2 unspecified atom stereocenters. The van der Waals surface area contributed by atoms with Gasteiger partial charge in [0.1, 0.15) is 0 Å². The van der Waals surface area contributed by atoms with E-state index < -0.39 is 10.0 Å². The average molecular weight is 402 g/mol. The predicted octanol–water partition coefficient (Wildman–Crippen LogP) is 1.69. The Hall–Kier alpha value is -1.15. The third-order valence-corrected chi connectivity index (χ3v) is 7.16. The van der Waals surface area contributed by atoms with E-state index in [1.165, 1.54) is 0 Å². The molecule has 2 heterocycles. The Kier molecular flexibility index (Phi) is 7.46. The van der Waals surface area contributed by atoms with Crippen molar-refractivity contribution in [1.29, 1.82) is 0 Å². The van der Waals surface area contributed by atoms with Gasteiger partial charge in [0, 0.05) is 19.6 Å². The van der Waals surface area contributed by atoms with E-state index in [-0.39, 0.29) is 30.3 Å². The molecule has 0 spiro atoms. The summed E-state index contributed by atoms with van der Waals surface area (Å²) < 4.78 is 27.4. The van der Waals surface area contributed by atoms with E-state index in [1.54, 1.807) is 16.4 Å². The van der Waals surface area contributed by atoms with Crippen LogP contribution in [0.4, 0.5) is 0 Å². The maximum atomic E-state index is 12.9. The molecule has 3 rings (SSSR count). The fraction of sp³-hybridized carbons (Fsp3) is 0.611. The minimum Gasteiger partial charge on any atom is -0.354 e. The molecule has 0 aromatic heterocycles. The number of hydrogen-bond acceptors (Lipinski definition) is 4. The molecule has 2 aliphatic heterocycles. The summed E-state index contributed by atoms with van der Waals surface area (Å²) in [5.41, 5.74) is 0.769. The number of amides is 1. The second-order valence-corrected chi connectivity index (χ2v) is 8.94. The molecule has 1 amide bonds. The van der Waals surface area contributed by atoms with Crippen molar-refractivity contribution < 1.29 is 13.2 Å². The van der Waals surface area contributed by atoms with Gasteiger partial charge in [-0.05, 0) is 56.7 Å². The van der Waals surface area contributed by atoms with Crippen LogP contribution in [0.3, 0.4) is 0 Å². The van der Waals surface area contributed by atoms with Gasteiger partial charge in [0.05, 0.1) is 10.9 Å². The fourth-order valence-electron chi connectivity index (χ4n) is 3.67. The predicted molar refractivity (Wildman–Crippen MR) is 104 cm³/mol. The van der Waals surface area contributed by atoms with Gasteiger partial charge < -0.3 is 10.6 Å². The van der Waals surface area contributed by atoms with Crippen LogP contribution in [0.15, 0.2) is 29.2 Å². The van der Waals surface area contributed by atoms with Gasteiger partial charge in [-0.3, -0.25) is 4.79 Å². The fourth-order valence-corrected chi connectivity index (χ4v) is 5.45. The lowest BCUT2D eigenvalue weighted by atomic mass is 9.99. The highest BCUT2D eigenvalue weighted by molar-refractivity contribution is 7.89. The van der Waals surface area contributed by atoms with Gasteiger partial charge in [-0.15, -0.1) is 12.4 Å². The summed E-state index contributed by atoms with van der Waals surface area (Å²) in [5.74, 6) is 0.203. The lowest BCUT2D eigenvalue weighted by Gasteiger charge is -2.32. The second-order valence-electron chi connectivity index (χ2n) is 7.03. The van der Waals surface area contributed by atoms with Crippen molar-refractivity contribution in [2.75, 3.05) is 26.2 Å². The number of sulfonamides is 1. The zero-order valence-corrected chi connectivity index (χ0v) is 16.7. The third kappa shape index (κ3) is 4.76. The highest BCUT2D eigenvalue weighted by atomic mass is 35.5. The highest BCUT2D eigenvalue weighted by Gasteiger charge is 2.31. The number of rotatable bonds is 5. The second kappa shape index (κ2) is 9.17. The molecule has 6 nitrogen and oxygen atoms in total. The number of benzene rings is 1. The smallest absolute Gasteiger partial charge is 0.243 e. The molecule has 1 aromatic carbocycles. The molecule has 2 aliphatic rings. The van der Waals surface area contributed by atoms with Crippen LogP contribution >= 0.6 is 12.4 Å². The first kappa shape index (κ1) is 21.2. The molecule has 0 saturated carbocycles. The number of nitrogens with one attached hydrogen (secondary N) is 2. The molecule has 2 fully saturated rings. The van der Waals surface area contributed by atoms with E-state index in [0.717, 1.165) is 37.8 Å². The SMILES string of the molecule is Cc1ccccc1S(=O)(=O)N1CCCC(CNC(=O)C2CCCN2)C1.Cl. The van der Waals surface area contributed by atoms with Gasteiger partial charge in [-0.25, -0.2) is 8.42 Å². The Balaban J connectivity index is 0.00000243. The number of hydrogen-bond donors (Lipinski definition) is 2. The zero-order chi connectivity index (χ0) is 17.9. The summed E-state index contributed by atoms with van der Waals surface area (Å²) in [6.45, 7) is 4.27. The van der Waals surface area contributed by atoms with Crippen LogP contribution in [0.25, 0.3) is 0 Å². The van der Waals surface area contributed by atoms with Crippen molar-refractivity contribution in [3.05, 3.63) is 29.8 Å². The molecule has 0 radical (unpaired) electrons. The molecule has 146 valence electrons.